The summed E-state index contributed by atoms with van der Waals surface area (Å²) < 4.78 is 10.8. The van der Waals surface area contributed by atoms with Gasteiger partial charge in [-0.05, 0) is 31.6 Å². The molecule has 2 atom stereocenters. The van der Waals surface area contributed by atoms with Gasteiger partial charge >= 0.3 is 0 Å². The fourth-order valence-corrected chi connectivity index (χ4v) is 2.50. The van der Waals surface area contributed by atoms with Gasteiger partial charge in [0.25, 0.3) is 0 Å². The zero-order valence-electron chi connectivity index (χ0n) is 10.8. The second-order valence-electron chi connectivity index (χ2n) is 4.88. The highest BCUT2D eigenvalue weighted by Crippen LogP contribution is 2.35. The van der Waals surface area contributed by atoms with E-state index >= 15 is 0 Å². The van der Waals surface area contributed by atoms with E-state index in [4.69, 9.17) is 9.47 Å². The Hall–Kier alpha value is -0.410. The molecule has 0 aromatic rings. The molecule has 94 valence electrons. The van der Waals surface area contributed by atoms with Crippen molar-refractivity contribution in [3.05, 3.63) is 0 Å². The van der Waals surface area contributed by atoms with Crippen molar-refractivity contribution in [1.82, 2.24) is 0 Å². The quantitative estimate of drug-likeness (QED) is 0.655. The van der Waals surface area contributed by atoms with Gasteiger partial charge in [-0.1, -0.05) is 20.3 Å². The molecular weight excluding hydrogens is 204 g/mol. The van der Waals surface area contributed by atoms with Gasteiger partial charge in [-0.2, -0.15) is 0 Å². The molecule has 1 aliphatic rings. The molecule has 0 amide bonds. The SMILES string of the molecule is CCCOCC(=O)C1(OC)CCCC(C)C1. The number of carbonyl (C=O) groups is 1. The summed E-state index contributed by atoms with van der Waals surface area (Å²) in [6.07, 6.45) is 4.92. The molecule has 3 heteroatoms. The molecule has 1 rings (SSSR count). The Balaban J connectivity index is 2.53. The number of rotatable bonds is 6. The molecule has 1 aliphatic carbocycles. The van der Waals surface area contributed by atoms with Gasteiger partial charge in [0, 0.05) is 13.7 Å². The van der Waals surface area contributed by atoms with Crippen LogP contribution in [0.2, 0.25) is 0 Å². The molecule has 1 fully saturated rings. The number of Topliss-reactive ketones (excluding diaryl/α,β-unsaturated/α-hetero) is 1. The average Bonchev–Trinajstić information content (AvgIpc) is 2.29. The van der Waals surface area contributed by atoms with E-state index in [1.165, 1.54) is 6.42 Å². The van der Waals surface area contributed by atoms with Crippen molar-refractivity contribution in [2.24, 2.45) is 5.92 Å². The molecule has 0 spiro atoms. The molecule has 3 nitrogen and oxygen atoms in total. The maximum absolute atomic E-state index is 12.1. The summed E-state index contributed by atoms with van der Waals surface area (Å²) in [4.78, 5) is 12.1. The summed E-state index contributed by atoms with van der Waals surface area (Å²) in [5, 5.41) is 0. The molecule has 0 bridgehead atoms. The molecule has 0 heterocycles. The first-order valence-electron chi connectivity index (χ1n) is 6.31. The van der Waals surface area contributed by atoms with Crippen LogP contribution in [-0.4, -0.2) is 31.7 Å². The highest BCUT2D eigenvalue weighted by molar-refractivity contribution is 5.88. The summed E-state index contributed by atoms with van der Waals surface area (Å²) >= 11 is 0. The summed E-state index contributed by atoms with van der Waals surface area (Å²) in [5.74, 6) is 0.693. The summed E-state index contributed by atoms with van der Waals surface area (Å²) in [6.45, 7) is 5.09. The molecule has 0 aliphatic heterocycles. The number of hydrogen-bond donors (Lipinski definition) is 0. The Labute approximate surface area is 98.5 Å². The lowest BCUT2D eigenvalue weighted by Gasteiger charge is -2.37. The van der Waals surface area contributed by atoms with E-state index in [9.17, 15) is 4.79 Å². The Morgan fingerprint density at radius 2 is 2.25 bits per heavy atom. The minimum absolute atomic E-state index is 0.120. The van der Waals surface area contributed by atoms with Crippen LogP contribution in [0.25, 0.3) is 0 Å². The van der Waals surface area contributed by atoms with Crippen molar-refractivity contribution >= 4 is 5.78 Å². The van der Waals surface area contributed by atoms with Crippen LogP contribution in [0.1, 0.15) is 46.0 Å². The fourth-order valence-electron chi connectivity index (χ4n) is 2.50. The van der Waals surface area contributed by atoms with Crippen molar-refractivity contribution < 1.29 is 14.3 Å². The van der Waals surface area contributed by atoms with E-state index in [-0.39, 0.29) is 12.4 Å². The van der Waals surface area contributed by atoms with Crippen molar-refractivity contribution in [2.45, 2.75) is 51.6 Å². The number of carbonyl (C=O) groups excluding carboxylic acids is 1. The van der Waals surface area contributed by atoms with E-state index < -0.39 is 5.60 Å². The highest BCUT2D eigenvalue weighted by Gasteiger charge is 2.41. The normalized spacial score (nSPS) is 30.3. The first-order valence-corrected chi connectivity index (χ1v) is 6.31. The average molecular weight is 228 g/mol. The molecule has 0 N–H and O–H groups in total. The molecule has 2 unspecified atom stereocenters. The summed E-state index contributed by atoms with van der Waals surface area (Å²) in [7, 11) is 1.65. The van der Waals surface area contributed by atoms with Crippen LogP contribution in [0, 0.1) is 5.92 Å². The number of ketones is 1. The number of methoxy groups -OCH3 is 1. The Bertz CT molecular complexity index is 227. The largest absolute Gasteiger partial charge is 0.374 e. The monoisotopic (exact) mass is 228 g/mol. The smallest absolute Gasteiger partial charge is 0.190 e. The minimum atomic E-state index is -0.564. The van der Waals surface area contributed by atoms with Gasteiger partial charge in [0.05, 0.1) is 0 Å². The lowest BCUT2D eigenvalue weighted by atomic mass is 9.76. The maximum atomic E-state index is 12.1. The zero-order chi connectivity index (χ0) is 12.0. The molecule has 0 saturated heterocycles. The van der Waals surface area contributed by atoms with Crippen LogP contribution in [-0.2, 0) is 14.3 Å². The fraction of sp³-hybridized carbons (Fsp3) is 0.923. The second kappa shape index (κ2) is 6.36. The third-order valence-electron chi connectivity index (χ3n) is 3.44. The topological polar surface area (TPSA) is 35.5 Å². The van der Waals surface area contributed by atoms with Gasteiger partial charge in [0.2, 0.25) is 0 Å². The first kappa shape index (κ1) is 13.7. The number of hydrogen-bond acceptors (Lipinski definition) is 3. The second-order valence-corrected chi connectivity index (χ2v) is 4.88. The molecule has 0 aromatic carbocycles. The van der Waals surface area contributed by atoms with Crippen LogP contribution in [0.4, 0.5) is 0 Å². The summed E-state index contributed by atoms with van der Waals surface area (Å²) in [5.41, 5.74) is -0.564. The van der Waals surface area contributed by atoms with Crippen molar-refractivity contribution in [3.63, 3.8) is 0 Å². The van der Waals surface area contributed by atoms with E-state index in [0.29, 0.717) is 12.5 Å². The minimum Gasteiger partial charge on any atom is -0.374 e. The van der Waals surface area contributed by atoms with Crippen LogP contribution < -0.4 is 0 Å². The van der Waals surface area contributed by atoms with E-state index in [1.807, 2.05) is 6.92 Å². The van der Waals surface area contributed by atoms with Crippen LogP contribution in [0.3, 0.4) is 0 Å². The van der Waals surface area contributed by atoms with Crippen LogP contribution in [0.15, 0.2) is 0 Å². The van der Waals surface area contributed by atoms with Gasteiger partial charge in [-0.3, -0.25) is 4.79 Å². The molecule has 16 heavy (non-hydrogen) atoms. The van der Waals surface area contributed by atoms with Gasteiger partial charge < -0.3 is 9.47 Å². The third kappa shape index (κ3) is 3.29. The van der Waals surface area contributed by atoms with Crippen molar-refractivity contribution in [3.8, 4) is 0 Å². The number of ether oxygens (including phenoxy) is 2. The molecular formula is C13H24O3. The predicted molar refractivity (Wildman–Crippen MR) is 63.5 cm³/mol. The van der Waals surface area contributed by atoms with E-state index in [1.54, 1.807) is 7.11 Å². The maximum Gasteiger partial charge on any atom is 0.190 e. The lowest BCUT2D eigenvalue weighted by molar-refractivity contribution is -0.151. The Morgan fingerprint density at radius 3 is 2.81 bits per heavy atom. The van der Waals surface area contributed by atoms with Crippen LogP contribution in [0.5, 0.6) is 0 Å². The molecule has 1 saturated carbocycles. The van der Waals surface area contributed by atoms with E-state index in [0.717, 1.165) is 25.7 Å². The zero-order valence-corrected chi connectivity index (χ0v) is 10.8. The van der Waals surface area contributed by atoms with Gasteiger partial charge in [0.1, 0.15) is 12.2 Å². The van der Waals surface area contributed by atoms with Crippen LogP contribution >= 0.6 is 0 Å². The first-order chi connectivity index (χ1) is 7.64. The van der Waals surface area contributed by atoms with Crippen molar-refractivity contribution in [2.75, 3.05) is 20.3 Å². The van der Waals surface area contributed by atoms with E-state index in [2.05, 4.69) is 6.92 Å². The third-order valence-corrected chi connectivity index (χ3v) is 3.44. The standard InChI is InChI=1S/C13H24O3/c1-4-8-16-10-12(14)13(15-3)7-5-6-11(2)9-13/h11H,4-10H2,1-3H3. The lowest BCUT2D eigenvalue weighted by Crippen LogP contribution is -2.46. The molecule has 0 radical (unpaired) electrons. The van der Waals surface area contributed by atoms with Gasteiger partial charge in [0.15, 0.2) is 5.78 Å². The van der Waals surface area contributed by atoms with Crippen molar-refractivity contribution in [1.29, 1.82) is 0 Å². The highest BCUT2D eigenvalue weighted by atomic mass is 16.5. The van der Waals surface area contributed by atoms with Gasteiger partial charge in [-0.25, -0.2) is 0 Å². The predicted octanol–water partition coefficient (Wildman–Crippen LogP) is 2.58. The Morgan fingerprint density at radius 1 is 1.50 bits per heavy atom. The summed E-state index contributed by atoms with van der Waals surface area (Å²) in [6, 6.07) is 0. The molecule has 0 aromatic heterocycles. The van der Waals surface area contributed by atoms with Gasteiger partial charge in [-0.15, -0.1) is 0 Å². The Kier molecular flexibility index (Phi) is 5.42.